The highest BCUT2D eigenvalue weighted by atomic mass is 16.5. The van der Waals surface area contributed by atoms with E-state index in [1.807, 2.05) is 24.3 Å². The van der Waals surface area contributed by atoms with Gasteiger partial charge in [0, 0.05) is 7.97 Å². The van der Waals surface area contributed by atoms with Crippen LogP contribution >= 0.6 is 0 Å². The van der Waals surface area contributed by atoms with E-state index in [2.05, 4.69) is 0 Å². The summed E-state index contributed by atoms with van der Waals surface area (Å²) in [7, 11) is 1.65. The van der Waals surface area contributed by atoms with Crippen LogP contribution in [0.3, 0.4) is 0 Å². The van der Waals surface area contributed by atoms with Gasteiger partial charge in [-0.3, -0.25) is 0 Å². The van der Waals surface area contributed by atoms with Gasteiger partial charge >= 0.3 is 0 Å². The van der Waals surface area contributed by atoms with E-state index >= 15 is 0 Å². The standard InChI is InChI=1S/C8H11NO.H2/c1-10-8-4-2-7(6-9)3-5-8;/h2-5H,6,9H2,1H3;1H. The highest BCUT2D eigenvalue weighted by Crippen LogP contribution is 2.09. The van der Waals surface area contributed by atoms with E-state index in [0.717, 1.165) is 11.3 Å². The van der Waals surface area contributed by atoms with Crippen molar-refractivity contribution in [3.05, 3.63) is 29.8 Å². The summed E-state index contributed by atoms with van der Waals surface area (Å²) in [5, 5.41) is 0. The number of methoxy groups -OCH3 is 1. The van der Waals surface area contributed by atoms with Crippen molar-refractivity contribution in [3.8, 4) is 5.75 Å². The fourth-order valence-corrected chi connectivity index (χ4v) is 0.762. The lowest BCUT2D eigenvalue weighted by molar-refractivity contribution is 0.414. The van der Waals surface area contributed by atoms with Crippen LogP contribution < -0.4 is 10.5 Å². The lowest BCUT2D eigenvalue weighted by Gasteiger charge is -1.99. The number of hydrogen-bond donors (Lipinski definition) is 1. The molecule has 0 bridgehead atoms. The zero-order valence-electron chi connectivity index (χ0n) is 6.00. The average Bonchev–Trinajstić information content (AvgIpc) is 2.05. The molecule has 0 unspecified atom stereocenters. The third kappa shape index (κ3) is 1.48. The maximum Gasteiger partial charge on any atom is 0.118 e. The van der Waals surface area contributed by atoms with E-state index in [1.165, 1.54) is 0 Å². The first kappa shape index (κ1) is 7.09. The van der Waals surface area contributed by atoms with Gasteiger partial charge in [0.15, 0.2) is 0 Å². The molecule has 0 atom stereocenters. The van der Waals surface area contributed by atoms with Crippen molar-refractivity contribution >= 4 is 0 Å². The van der Waals surface area contributed by atoms with Crippen LogP contribution in [-0.2, 0) is 6.54 Å². The number of ether oxygens (including phenoxy) is 1. The molecule has 0 aliphatic heterocycles. The predicted molar refractivity (Wildman–Crippen MR) is 43.0 cm³/mol. The molecule has 0 amide bonds. The molecule has 0 saturated heterocycles. The Balaban J connectivity index is 0.000001000. The topological polar surface area (TPSA) is 35.2 Å². The second kappa shape index (κ2) is 3.22. The van der Waals surface area contributed by atoms with E-state index in [9.17, 15) is 0 Å². The van der Waals surface area contributed by atoms with Crippen LogP contribution in [0.2, 0.25) is 0 Å². The normalized spacial score (nSPS) is 9.40. The van der Waals surface area contributed by atoms with Gasteiger partial charge in [-0.15, -0.1) is 0 Å². The largest absolute Gasteiger partial charge is 0.497 e. The quantitative estimate of drug-likeness (QED) is 0.672. The van der Waals surface area contributed by atoms with Gasteiger partial charge < -0.3 is 10.5 Å². The molecular weight excluding hydrogens is 126 g/mol. The van der Waals surface area contributed by atoms with Crippen LogP contribution in [0, 0.1) is 0 Å². The molecule has 0 radical (unpaired) electrons. The van der Waals surface area contributed by atoms with Gasteiger partial charge in [-0.1, -0.05) is 12.1 Å². The number of benzene rings is 1. The van der Waals surface area contributed by atoms with Crippen molar-refractivity contribution < 1.29 is 6.16 Å². The first-order valence-corrected chi connectivity index (χ1v) is 3.20. The molecule has 2 nitrogen and oxygen atoms in total. The monoisotopic (exact) mass is 139 g/mol. The fraction of sp³-hybridized carbons (Fsp3) is 0.250. The van der Waals surface area contributed by atoms with Gasteiger partial charge in [0.1, 0.15) is 5.75 Å². The van der Waals surface area contributed by atoms with Crippen LogP contribution in [-0.4, -0.2) is 7.11 Å². The first-order chi connectivity index (χ1) is 4.86. The SMILES string of the molecule is COc1ccc(CN)cc1.[HH]. The maximum atomic E-state index is 5.40. The summed E-state index contributed by atoms with van der Waals surface area (Å²) in [6, 6.07) is 7.72. The van der Waals surface area contributed by atoms with Gasteiger partial charge in [0.2, 0.25) is 0 Å². The molecule has 0 fully saturated rings. The molecule has 2 heteroatoms. The number of hydrogen-bond acceptors (Lipinski definition) is 2. The van der Waals surface area contributed by atoms with Gasteiger partial charge in [-0.2, -0.15) is 0 Å². The summed E-state index contributed by atoms with van der Waals surface area (Å²) in [6.07, 6.45) is 0. The van der Waals surface area contributed by atoms with E-state index < -0.39 is 0 Å². The molecule has 1 rings (SSSR count). The van der Waals surface area contributed by atoms with Crippen LogP contribution in [0.4, 0.5) is 0 Å². The molecule has 10 heavy (non-hydrogen) atoms. The molecule has 56 valence electrons. The van der Waals surface area contributed by atoms with Gasteiger partial charge in [-0.25, -0.2) is 0 Å². The molecule has 1 aromatic rings. The molecule has 0 aliphatic rings. The average molecular weight is 139 g/mol. The smallest absolute Gasteiger partial charge is 0.118 e. The van der Waals surface area contributed by atoms with Crippen molar-refractivity contribution in [2.24, 2.45) is 5.73 Å². The Kier molecular flexibility index (Phi) is 2.29. The fourth-order valence-electron chi connectivity index (χ4n) is 0.762. The summed E-state index contributed by atoms with van der Waals surface area (Å²) in [5.74, 6) is 0.872. The summed E-state index contributed by atoms with van der Waals surface area (Å²) >= 11 is 0. The summed E-state index contributed by atoms with van der Waals surface area (Å²) in [4.78, 5) is 0. The minimum absolute atomic E-state index is 0. The Morgan fingerprint density at radius 3 is 2.40 bits per heavy atom. The molecule has 0 aliphatic carbocycles. The first-order valence-electron chi connectivity index (χ1n) is 3.20. The highest BCUT2D eigenvalue weighted by molar-refractivity contribution is 5.26. The summed E-state index contributed by atoms with van der Waals surface area (Å²) in [5.41, 5.74) is 6.53. The Bertz CT molecular complexity index is 175. The molecule has 0 spiro atoms. The zero-order valence-corrected chi connectivity index (χ0v) is 6.00. The van der Waals surface area contributed by atoms with E-state index in [4.69, 9.17) is 10.5 Å². The molecular formula is C8H13NO. The Morgan fingerprint density at radius 1 is 1.40 bits per heavy atom. The van der Waals surface area contributed by atoms with Gasteiger partial charge in [-0.05, 0) is 17.7 Å². The lowest BCUT2D eigenvalue weighted by Crippen LogP contribution is -1.95. The highest BCUT2D eigenvalue weighted by Gasteiger charge is 1.89. The van der Waals surface area contributed by atoms with Crippen molar-refractivity contribution in [1.29, 1.82) is 0 Å². The van der Waals surface area contributed by atoms with Crippen molar-refractivity contribution in [2.45, 2.75) is 6.54 Å². The molecule has 2 N–H and O–H groups in total. The van der Waals surface area contributed by atoms with Crippen LogP contribution in [0.5, 0.6) is 5.75 Å². The maximum absolute atomic E-state index is 5.40. The minimum atomic E-state index is 0. The third-order valence-corrected chi connectivity index (χ3v) is 1.39. The summed E-state index contributed by atoms with van der Waals surface area (Å²) < 4.78 is 4.97. The molecule has 0 saturated carbocycles. The number of nitrogens with two attached hydrogens (primary N) is 1. The van der Waals surface area contributed by atoms with Gasteiger partial charge in [0.05, 0.1) is 7.11 Å². The van der Waals surface area contributed by atoms with Crippen LogP contribution in [0.25, 0.3) is 0 Å². The molecule has 0 aromatic heterocycles. The van der Waals surface area contributed by atoms with E-state index in [-0.39, 0.29) is 1.43 Å². The van der Waals surface area contributed by atoms with Crippen LogP contribution in [0.15, 0.2) is 24.3 Å². The predicted octanol–water partition coefficient (Wildman–Crippen LogP) is 1.40. The van der Waals surface area contributed by atoms with E-state index in [1.54, 1.807) is 7.11 Å². The second-order valence-electron chi connectivity index (χ2n) is 2.05. The van der Waals surface area contributed by atoms with E-state index in [0.29, 0.717) is 6.54 Å². The molecule has 0 heterocycles. The Morgan fingerprint density at radius 2 is 2.00 bits per heavy atom. The minimum Gasteiger partial charge on any atom is -0.497 e. The van der Waals surface area contributed by atoms with Crippen molar-refractivity contribution in [1.82, 2.24) is 0 Å². The van der Waals surface area contributed by atoms with Crippen molar-refractivity contribution in [2.75, 3.05) is 7.11 Å². The molecule has 1 aromatic carbocycles. The lowest BCUT2D eigenvalue weighted by atomic mass is 10.2. The Hall–Kier alpha value is -1.02. The zero-order chi connectivity index (χ0) is 7.40. The third-order valence-electron chi connectivity index (χ3n) is 1.39. The van der Waals surface area contributed by atoms with Crippen molar-refractivity contribution in [3.63, 3.8) is 0 Å². The van der Waals surface area contributed by atoms with Crippen LogP contribution in [0.1, 0.15) is 6.99 Å². The Labute approximate surface area is 62.1 Å². The summed E-state index contributed by atoms with van der Waals surface area (Å²) in [6.45, 7) is 0.587. The van der Waals surface area contributed by atoms with Gasteiger partial charge in [0.25, 0.3) is 0 Å². The number of rotatable bonds is 2. The second-order valence-corrected chi connectivity index (χ2v) is 2.05.